The van der Waals surface area contributed by atoms with Gasteiger partial charge in [-0.05, 0) is 35.4 Å². The number of nitrogens with one attached hydrogen (secondary N) is 1. The Hall–Kier alpha value is -2.62. The number of benzene rings is 2. The average molecular weight is 253 g/mol. The minimum absolute atomic E-state index is 0.293. The van der Waals surface area contributed by atoms with Crippen LogP contribution in [0.15, 0.2) is 54.9 Å². The van der Waals surface area contributed by atoms with Crippen LogP contribution in [0.3, 0.4) is 0 Å². The zero-order valence-electron chi connectivity index (χ0n) is 10.1. The van der Waals surface area contributed by atoms with Crippen molar-refractivity contribution in [3.63, 3.8) is 0 Å². The third-order valence-electron chi connectivity index (χ3n) is 2.93. The highest BCUT2D eigenvalue weighted by Gasteiger charge is 2.10. The van der Waals surface area contributed by atoms with E-state index in [-0.39, 0.29) is 5.82 Å². The Morgan fingerprint density at radius 3 is 2.68 bits per heavy atom. The number of hydrogen-bond acceptors (Lipinski definition) is 2. The summed E-state index contributed by atoms with van der Waals surface area (Å²) in [6.07, 6.45) is 3.35. The van der Waals surface area contributed by atoms with Crippen molar-refractivity contribution in [2.45, 2.75) is 0 Å². The Morgan fingerprint density at radius 2 is 1.95 bits per heavy atom. The molecule has 0 fully saturated rings. The molecule has 0 saturated heterocycles. The number of nitrogens with zero attached hydrogens (tertiary/aromatic N) is 1. The summed E-state index contributed by atoms with van der Waals surface area (Å²) < 4.78 is 13.5. The standard InChI is InChI=1S/C15H12FN3/c16-11-4-5-13(10-2-1-3-12(17)8-10)14(9-11)15-18-6-7-19-15/h1-9H,17H2,(H,18,19). The molecule has 3 N–H and O–H groups in total. The smallest absolute Gasteiger partial charge is 0.137 e. The van der Waals surface area contributed by atoms with Crippen molar-refractivity contribution in [3.8, 4) is 22.5 Å². The van der Waals surface area contributed by atoms with E-state index >= 15 is 0 Å². The second kappa shape index (κ2) is 4.57. The molecule has 1 heterocycles. The average Bonchev–Trinajstić information content (AvgIpc) is 2.92. The largest absolute Gasteiger partial charge is 0.399 e. The Morgan fingerprint density at radius 1 is 1.05 bits per heavy atom. The molecule has 2 aromatic carbocycles. The highest BCUT2D eigenvalue weighted by molar-refractivity contribution is 5.81. The predicted molar refractivity (Wildman–Crippen MR) is 73.8 cm³/mol. The van der Waals surface area contributed by atoms with Gasteiger partial charge < -0.3 is 10.7 Å². The van der Waals surface area contributed by atoms with Gasteiger partial charge in [-0.15, -0.1) is 0 Å². The molecular weight excluding hydrogens is 241 g/mol. The van der Waals surface area contributed by atoms with E-state index in [9.17, 15) is 4.39 Å². The van der Waals surface area contributed by atoms with Crippen molar-refractivity contribution in [2.75, 3.05) is 5.73 Å². The number of halogens is 1. The molecule has 0 atom stereocenters. The highest BCUT2D eigenvalue weighted by atomic mass is 19.1. The van der Waals surface area contributed by atoms with Gasteiger partial charge in [0.25, 0.3) is 0 Å². The number of nitrogen functional groups attached to an aromatic ring is 1. The molecule has 0 aliphatic carbocycles. The molecule has 1 aromatic heterocycles. The van der Waals surface area contributed by atoms with Crippen molar-refractivity contribution in [2.24, 2.45) is 0 Å². The molecule has 0 aliphatic heterocycles. The van der Waals surface area contributed by atoms with Gasteiger partial charge in [-0.1, -0.05) is 18.2 Å². The zero-order chi connectivity index (χ0) is 13.2. The summed E-state index contributed by atoms with van der Waals surface area (Å²) in [6, 6.07) is 12.1. The van der Waals surface area contributed by atoms with Crippen molar-refractivity contribution in [1.29, 1.82) is 0 Å². The Balaban J connectivity index is 2.21. The van der Waals surface area contributed by atoms with Gasteiger partial charge in [0, 0.05) is 23.6 Å². The van der Waals surface area contributed by atoms with Crippen molar-refractivity contribution < 1.29 is 4.39 Å². The van der Waals surface area contributed by atoms with Gasteiger partial charge in [0.2, 0.25) is 0 Å². The second-order valence-corrected chi connectivity index (χ2v) is 4.25. The first kappa shape index (κ1) is 11.5. The van der Waals surface area contributed by atoms with Gasteiger partial charge in [0.05, 0.1) is 0 Å². The fourth-order valence-corrected chi connectivity index (χ4v) is 2.08. The predicted octanol–water partition coefficient (Wildman–Crippen LogP) is 3.47. The van der Waals surface area contributed by atoms with E-state index in [0.29, 0.717) is 11.5 Å². The minimum atomic E-state index is -0.293. The zero-order valence-corrected chi connectivity index (χ0v) is 10.1. The number of anilines is 1. The van der Waals surface area contributed by atoms with E-state index in [1.54, 1.807) is 18.5 Å². The van der Waals surface area contributed by atoms with Crippen molar-refractivity contribution in [3.05, 3.63) is 60.7 Å². The maximum atomic E-state index is 13.5. The van der Waals surface area contributed by atoms with E-state index in [2.05, 4.69) is 9.97 Å². The Kier molecular flexibility index (Phi) is 2.76. The summed E-state index contributed by atoms with van der Waals surface area (Å²) in [5.41, 5.74) is 9.02. The van der Waals surface area contributed by atoms with Gasteiger partial charge in [0.1, 0.15) is 11.6 Å². The molecule has 0 aliphatic rings. The third-order valence-corrected chi connectivity index (χ3v) is 2.93. The van der Waals surface area contributed by atoms with Gasteiger partial charge in [-0.2, -0.15) is 0 Å². The van der Waals surface area contributed by atoms with Crippen molar-refractivity contribution in [1.82, 2.24) is 9.97 Å². The Bertz CT molecular complexity index is 705. The van der Waals surface area contributed by atoms with Crippen LogP contribution in [0.5, 0.6) is 0 Å². The maximum Gasteiger partial charge on any atom is 0.137 e. The molecule has 0 bridgehead atoms. The number of aromatic amines is 1. The van der Waals surface area contributed by atoms with Crippen LogP contribution in [0.2, 0.25) is 0 Å². The topological polar surface area (TPSA) is 54.7 Å². The lowest BCUT2D eigenvalue weighted by atomic mass is 9.98. The molecule has 0 amide bonds. The molecular formula is C15H12FN3. The van der Waals surface area contributed by atoms with Crippen LogP contribution in [0.4, 0.5) is 10.1 Å². The lowest BCUT2D eigenvalue weighted by Crippen LogP contribution is -1.90. The highest BCUT2D eigenvalue weighted by Crippen LogP contribution is 2.31. The van der Waals surface area contributed by atoms with Crippen LogP contribution in [0.1, 0.15) is 0 Å². The number of rotatable bonds is 2. The monoisotopic (exact) mass is 253 g/mol. The number of imidazole rings is 1. The quantitative estimate of drug-likeness (QED) is 0.687. The first-order valence-electron chi connectivity index (χ1n) is 5.89. The van der Waals surface area contributed by atoms with Crippen LogP contribution in [0, 0.1) is 5.82 Å². The van der Waals surface area contributed by atoms with Gasteiger partial charge in [-0.3, -0.25) is 0 Å². The van der Waals surface area contributed by atoms with Crippen LogP contribution in [0.25, 0.3) is 22.5 Å². The van der Waals surface area contributed by atoms with Crippen LogP contribution >= 0.6 is 0 Å². The summed E-state index contributed by atoms with van der Waals surface area (Å²) in [4.78, 5) is 7.18. The SMILES string of the molecule is Nc1cccc(-c2ccc(F)cc2-c2ncc[nH]2)c1. The molecule has 19 heavy (non-hydrogen) atoms. The number of hydrogen-bond donors (Lipinski definition) is 2. The Labute approximate surface area is 109 Å². The number of nitrogens with two attached hydrogens (primary N) is 1. The van der Waals surface area contributed by atoms with Gasteiger partial charge in [-0.25, -0.2) is 9.37 Å². The summed E-state index contributed by atoms with van der Waals surface area (Å²) >= 11 is 0. The lowest BCUT2D eigenvalue weighted by Gasteiger charge is -2.09. The number of H-pyrrole nitrogens is 1. The molecule has 0 spiro atoms. The van der Waals surface area contributed by atoms with E-state index in [0.717, 1.165) is 16.7 Å². The second-order valence-electron chi connectivity index (χ2n) is 4.25. The van der Waals surface area contributed by atoms with E-state index in [1.165, 1.54) is 12.1 Å². The third kappa shape index (κ3) is 2.20. The summed E-state index contributed by atoms with van der Waals surface area (Å²) in [6.45, 7) is 0. The van der Waals surface area contributed by atoms with Crippen LogP contribution in [-0.2, 0) is 0 Å². The van der Waals surface area contributed by atoms with Crippen LogP contribution < -0.4 is 5.73 Å². The molecule has 0 unspecified atom stereocenters. The van der Waals surface area contributed by atoms with Gasteiger partial charge in [0.15, 0.2) is 0 Å². The molecule has 0 radical (unpaired) electrons. The molecule has 3 nitrogen and oxygen atoms in total. The summed E-state index contributed by atoms with van der Waals surface area (Å²) in [5.74, 6) is 0.343. The van der Waals surface area contributed by atoms with Crippen LogP contribution in [-0.4, -0.2) is 9.97 Å². The molecule has 3 rings (SSSR count). The fraction of sp³-hybridized carbons (Fsp3) is 0. The summed E-state index contributed by atoms with van der Waals surface area (Å²) in [7, 11) is 0. The first-order chi connectivity index (χ1) is 9.24. The van der Waals surface area contributed by atoms with E-state index in [1.807, 2.05) is 24.3 Å². The normalized spacial score (nSPS) is 10.6. The summed E-state index contributed by atoms with van der Waals surface area (Å²) in [5, 5.41) is 0. The lowest BCUT2D eigenvalue weighted by molar-refractivity contribution is 0.628. The minimum Gasteiger partial charge on any atom is -0.399 e. The molecule has 3 aromatic rings. The number of aromatic nitrogens is 2. The molecule has 94 valence electrons. The fourth-order valence-electron chi connectivity index (χ4n) is 2.08. The molecule has 0 saturated carbocycles. The molecule has 4 heteroatoms. The van der Waals surface area contributed by atoms with Crippen molar-refractivity contribution >= 4 is 5.69 Å². The van der Waals surface area contributed by atoms with E-state index in [4.69, 9.17) is 5.73 Å². The maximum absolute atomic E-state index is 13.5. The van der Waals surface area contributed by atoms with E-state index < -0.39 is 0 Å². The van der Waals surface area contributed by atoms with Gasteiger partial charge >= 0.3 is 0 Å². The first-order valence-corrected chi connectivity index (χ1v) is 5.89.